The molecule has 0 aliphatic carbocycles. The Morgan fingerprint density at radius 3 is 2.52 bits per heavy atom. The maximum Gasteiger partial charge on any atom is 0.238 e. The lowest BCUT2D eigenvalue weighted by atomic mass is 10.1. The molecule has 1 heterocycles. The highest BCUT2D eigenvalue weighted by Gasteiger charge is 2.21. The molecule has 31 heavy (non-hydrogen) atoms. The number of methoxy groups -OCH3 is 1. The van der Waals surface area contributed by atoms with Crippen LogP contribution in [0.1, 0.15) is 27.6 Å². The molecule has 168 valence electrons. The van der Waals surface area contributed by atoms with Gasteiger partial charge in [-0.2, -0.15) is 0 Å². The quantitative estimate of drug-likeness (QED) is 0.625. The summed E-state index contributed by atoms with van der Waals surface area (Å²) in [5.41, 5.74) is -2.86. The van der Waals surface area contributed by atoms with E-state index in [2.05, 4.69) is 0 Å². The molecule has 2 aromatic rings. The number of ether oxygens (including phenoxy) is 2. The Morgan fingerprint density at radius 1 is 1.23 bits per heavy atom. The van der Waals surface area contributed by atoms with Gasteiger partial charge in [0.25, 0.3) is 0 Å². The van der Waals surface area contributed by atoms with Crippen LogP contribution in [0.4, 0.5) is 5.69 Å². The molecular weight excluding hydrogens is 394 g/mol. The highest BCUT2D eigenvalue weighted by molar-refractivity contribution is 5.93. The fraction of sp³-hybridized carbons (Fsp3) is 0.458. The Bertz CT molecular complexity index is 1280. The minimum absolute atomic E-state index is 0.0544. The van der Waals surface area contributed by atoms with E-state index in [4.69, 9.17) is 25.9 Å². The summed E-state index contributed by atoms with van der Waals surface area (Å²) in [5.74, 6) is -0.649. The maximum absolute atomic E-state index is 13.2. The summed E-state index contributed by atoms with van der Waals surface area (Å²) in [6.45, 7) is -9.51. The highest BCUT2D eigenvalue weighted by atomic mass is 16.5. The van der Waals surface area contributed by atoms with Gasteiger partial charge >= 0.3 is 0 Å². The van der Waals surface area contributed by atoms with Crippen molar-refractivity contribution in [3.05, 3.63) is 53.5 Å². The van der Waals surface area contributed by atoms with Crippen molar-refractivity contribution < 1.29 is 35.8 Å². The fourth-order valence-corrected chi connectivity index (χ4v) is 3.04. The molecule has 2 N–H and O–H groups in total. The molecule has 0 aromatic heterocycles. The Balaban J connectivity index is 1.74. The second-order valence-electron chi connectivity index (χ2n) is 6.83. The van der Waals surface area contributed by atoms with Crippen molar-refractivity contribution in [1.29, 1.82) is 0 Å². The zero-order chi connectivity index (χ0) is 32.5. The summed E-state index contributed by atoms with van der Waals surface area (Å²) in [6.07, 6.45) is -2.04. The van der Waals surface area contributed by atoms with E-state index >= 15 is 0 Å². The molecule has 1 aliphatic heterocycles. The van der Waals surface area contributed by atoms with Crippen LogP contribution in [0.25, 0.3) is 0 Å². The summed E-state index contributed by atoms with van der Waals surface area (Å²) in [5, 5.41) is 12.6. The number of β-amino-alcohol motifs (C(OH)–C–C–N with tert-alkyl or cyclic N) is 1. The monoisotopic (exact) mass is 439 g/mol. The molecule has 7 heteroatoms. The largest absolute Gasteiger partial charge is 0.493 e. The van der Waals surface area contributed by atoms with Gasteiger partial charge in [-0.15, -0.1) is 0 Å². The Labute approximate surface area is 201 Å². The third-order valence-electron chi connectivity index (χ3n) is 4.61. The first-order valence-electron chi connectivity index (χ1n) is 15.6. The topological polar surface area (TPSA) is 74.3 Å². The van der Waals surface area contributed by atoms with E-state index in [1.54, 1.807) is 29.2 Å². The second kappa shape index (κ2) is 11.1. The molecule has 0 spiro atoms. The van der Waals surface area contributed by atoms with Crippen LogP contribution in [0.15, 0.2) is 42.4 Å². The standard InChI is InChI=1S/C24H33N3O4/c1-18-7-6-8-19(2)24(18)25-23(29)16-27-13-11-26(12-14-27)15-20(28)17-31-22-10-5-4-9-21(22)30-3/h4-10,20,28H,11-17H2,1-3H3,(H,25,29)/i1D3,2D3,6D,7D,8D,16D2,20D. The van der Waals surface area contributed by atoms with Gasteiger partial charge in [0, 0.05) is 46.6 Å². The van der Waals surface area contributed by atoms with Gasteiger partial charge in [0.1, 0.15) is 12.7 Å². The van der Waals surface area contributed by atoms with E-state index in [1.807, 2.05) is 5.32 Å². The van der Waals surface area contributed by atoms with Crippen LogP contribution in [0.3, 0.4) is 0 Å². The van der Waals surface area contributed by atoms with Crippen molar-refractivity contribution in [1.82, 2.24) is 9.80 Å². The Kier molecular flexibility index (Phi) is 4.26. The molecular formula is C24H33N3O4. The normalized spacial score (nSPS) is 23.9. The van der Waals surface area contributed by atoms with Gasteiger partial charge in [-0.1, -0.05) is 30.3 Å². The first-order chi connectivity index (χ1) is 19.7. The number of hydrogen-bond acceptors (Lipinski definition) is 6. The van der Waals surface area contributed by atoms with Gasteiger partial charge in [0.05, 0.1) is 21.8 Å². The van der Waals surface area contributed by atoms with Crippen molar-refractivity contribution in [2.24, 2.45) is 0 Å². The molecule has 2 aromatic carbocycles. The van der Waals surface area contributed by atoms with E-state index in [-0.39, 0.29) is 39.3 Å². The van der Waals surface area contributed by atoms with Crippen molar-refractivity contribution in [3.63, 3.8) is 0 Å². The third kappa shape index (κ3) is 6.69. The van der Waals surface area contributed by atoms with Gasteiger partial charge in [-0.05, 0) is 37.0 Å². The van der Waals surface area contributed by atoms with Crippen LogP contribution < -0.4 is 14.8 Å². The molecule has 7 nitrogen and oxygen atoms in total. The van der Waals surface area contributed by atoms with Crippen LogP contribution >= 0.6 is 0 Å². The summed E-state index contributed by atoms with van der Waals surface area (Å²) in [4.78, 5) is 16.0. The Morgan fingerprint density at radius 2 is 1.87 bits per heavy atom. The van der Waals surface area contributed by atoms with Gasteiger partial charge in [-0.25, -0.2) is 0 Å². The zero-order valence-electron chi connectivity index (χ0n) is 29.1. The van der Waals surface area contributed by atoms with Gasteiger partial charge in [0.15, 0.2) is 11.5 Å². The van der Waals surface area contributed by atoms with E-state index in [9.17, 15) is 9.90 Å². The first-order valence-corrected chi connectivity index (χ1v) is 9.62. The van der Waals surface area contributed by atoms with Crippen LogP contribution in [-0.4, -0.2) is 79.8 Å². The predicted octanol–water partition coefficient (Wildman–Crippen LogP) is 2.31. The lowest BCUT2D eigenvalue weighted by molar-refractivity contribution is -0.117. The number of carbonyl (C=O) groups is 1. The molecule has 1 amide bonds. The number of benzene rings is 2. The average Bonchev–Trinajstić information content (AvgIpc) is 2.89. The molecule has 0 bridgehead atoms. The lowest BCUT2D eigenvalue weighted by Crippen LogP contribution is -2.50. The number of aliphatic hydroxyl groups is 1. The third-order valence-corrected chi connectivity index (χ3v) is 4.61. The first kappa shape index (κ1) is 11.9. The number of anilines is 1. The predicted molar refractivity (Wildman–Crippen MR) is 122 cm³/mol. The minimum Gasteiger partial charge on any atom is -0.493 e. The van der Waals surface area contributed by atoms with Crippen molar-refractivity contribution >= 4 is 11.6 Å². The maximum atomic E-state index is 13.2. The van der Waals surface area contributed by atoms with Crippen LogP contribution in [-0.2, 0) is 4.79 Å². The highest BCUT2D eigenvalue weighted by Crippen LogP contribution is 2.25. The SMILES string of the molecule is [2H]c1c([2H])c(C([2H])([2H])[2H])c(NC(=O)C([2H])([2H])N2CCN(CC([2H])(O)COc3ccccc3OC)CC2)c(C([2H])([2H])[2H])c1[2H]. The average molecular weight is 440 g/mol. The number of para-hydroxylation sites is 3. The minimum atomic E-state index is -3.16. The number of nitrogens with zero attached hydrogens (tertiary/aromatic N) is 2. The number of hydrogen-bond donors (Lipinski definition) is 2. The van der Waals surface area contributed by atoms with E-state index in [0.29, 0.717) is 11.5 Å². The summed E-state index contributed by atoms with van der Waals surface area (Å²) < 4.78 is 107. The van der Waals surface area contributed by atoms with Crippen LogP contribution in [0.2, 0.25) is 0 Å². The fourth-order valence-electron chi connectivity index (χ4n) is 3.04. The van der Waals surface area contributed by atoms with Gasteiger partial charge in [-0.3, -0.25) is 14.6 Å². The number of rotatable bonds is 9. The van der Waals surface area contributed by atoms with Crippen LogP contribution in [0, 0.1) is 13.7 Å². The lowest BCUT2D eigenvalue weighted by Gasteiger charge is -2.35. The number of nitrogens with one attached hydrogen (secondary N) is 1. The molecule has 1 unspecified atom stereocenters. The second-order valence-corrected chi connectivity index (χ2v) is 6.83. The van der Waals surface area contributed by atoms with Gasteiger partial charge in [0.2, 0.25) is 5.91 Å². The van der Waals surface area contributed by atoms with E-state index in [0.717, 1.165) is 4.90 Å². The van der Waals surface area contributed by atoms with Crippen molar-refractivity contribution in [2.45, 2.75) is 19.8 Å². The molecule has 1 saturated heterocycles. The van der Waals surface area contributed by atoms with Crippen LogP contribution in [0.5, 0.6) is 11.5 Å². The summed E-state index contributed by atoms with van der Waals surface area (Å²) >= 11 is 0. The zero-order valence-corrected chi connectivity index (χ0v) is 17.1. The Hall–Kier alpha value is -2.61. The number of carbonyl (C=O) groups excluding carboxylic acids is 1. The number of amides is 1. The van der Waals surface area contributed by atoms with E-state index in [1.165, 1.54) is 7.11 Å². The molecule has 1 atom stereocenters. The summed E-state index contributed by atoms with van der Waals surface area (Å²) in [7, 11) is 1.46. The van der Waals surface area contributed by atoms with Crippen molar-refractivity contribution in [3.8, 4) is 11.5 Å². The van der Waals surface area contributed by atoms with Crippen molar-refractivity contribution in [2.75, 3.05) is 58.3 Å². The molecule has 3 rings (SSSR count). The smallest absolute Gasteiger partial charge is 0.238 e. The molecule has 0 saturated carbocycles. The summed E-state index contributed by atoms with van der Waals surface area (Å²) in [6, 6.07) is 3.84. The number of piperazine rings is 1. The molecule has 1 aliphatic rings. The molecule has 0 radical (unpaired) electrons. The van der Waals surface area contributed by atoms with E-state index < -0.39 is 67.1 Å². The van der Waals surface area contributed by atoms with Gasteiger partial charge < -0.3 is 19.9 Å². The molecule has 1 fully saturated rings.